The molecule has 1 aliphatic rings. The van der Waals surface area contributed by atoms with Crippen molar-refractivity contribution in [2.24, 2.45) is 0 Å². The molecule has 0 bridgehead atoms. The Morgan fingerprint density at radius 3 is 2.83 bits per heavy atom. The van der Waals surface area contributed by atoms with Gasteiger partial charge in [0.2, 0.25) is 10.0 Å². The second-order valence-corrected chi connectivity index (χ2v) is 10.6. The summed E-state index contributed by atoms with van der Waals surface area (Å²) in [6.45, 7) is 5.26. The molecule has 1 atom stereocenters. The van der Waals surface area contributed by atoms with Gasteiger partial charge in [0.15, 0.2) is 0 Å². The summed E-state index contributed by atoms with van der Waals surface area (Å²) < 4.78 is 30.9. The lowest BCUT2D eigenvalue weighted by Gasteiger charge is -2.16. The van der Waals surface area contributed by atoms with Gasteiger partial charge in [-0.2, -0.15) is 9.40 Å². The first kappa shape index (κ1) is 21.0. The van der Waals surface area contributed by atoms with Crippen LogP contribution in [-0.4, -0.2) is 48.5 Å². The van der Waals surface area contributed by atoms with Crippen molar-refractivity contribution in [2.45, 2.75) is 44.0 Å². The fraction of sp³-hybridized carbons (Fsp3) is 0.429. The molecular weight excluding hydrogens is 420 g/mol. The van der Waals surface area contributed by atoms with Crippen LogP contribution in [0.25, 0.3) is 10.1 Å². The molecule has 1 amide bonds. The predicted octanol–water partition coefficient (Wildman–Crippen LogP) is 3.35. The molecule has 9 heteroatoms. The largest absolute Gasteiger partial charge is 0.354 e. The van der Waals surface area contributed by atoms with Crippen molar-refractivity contribution in [3.63, 3.8) is 0 Å². The molecule has 1 aromatic carbocycles. The fourth-order valence-electron chi connectivity index (χ4n) is 4.17. The van der Waals surface area contributed by atoms with Crippen LogP contribution < -0.4 is 5.32 Å². The molecule has 1 N–H and O–H groups in total. The Labute approximate surface area is 180 Å². The highest BCUT2D eigenvalue weighted by atomic mass is 32.2. The van der Waals surface area contributed by atoms with Crippen LogP contribution in [0.3, 0.4) is 0 Å². The van der Waals surface area contributed by atoms with E-state index in [2.05, 4.69) is 10.4 Å². The Bertz CT molecular complexity index is 1200. The van der Waals surface area contributed by atoms with Crippen LogP contribution in [0.4, 0.5) is 0 Å². The summed E-state index contributed by atoms with van der Waals surface area (Å²) in [5.41, 5.74) is 1.49. The van der Waals surface area contributed by atoms with E-state index in [1.165, 1.54) is 15.6 Å². The van der Waals surface area contributed by atoms with Crippen LogP contribution in [0.2, 0.25) is 0 Å². The summed E-state index contributed by atoms with van der Waals surface area (Å²) in [5, 5.41) is 8.12. The number of aromatic nitrogens is 2. The molecule has 3 heterocycles. The molecule has 1 fully saturated rings. The summed E-state index contributed by atoms with van der Waals surface area (Å²) in [5.74, 6) is -0.140. The van der Waals surface area contributed by atoms with Gasteiger partial charge in [-0.3, -0.25) is 9.48 Å². The Morgan fingerprint density at radius 1 is 1.33 bits per heavy atom. The van der Waals surface area contributed by atoms with Crippen LogP contribution in [-0.2, 0) is 16.6 Å². The molecule has 0 spiro atoms. The summed E-state index contributed by atoms with van der Waals surface area (Å²) in [7, 11) is -2.01. The summed E-state index contributed by atoms with van der Waals surface area (Å²) in [4.78, 5) is 13.5. The topological polar surface area (TPSA) is 84.3 Å². The van der Waals surface area contributed by atoms with Gasteiger partial charge in [0.25, 0.3) is 5.91 Å². The lowest BCUT2D eigenvalue weighted by atomic mass is 9.95. The third kappa shape index (κ3) is 3.55. The zero-order chi connectivity index (χ0) is 21.5. The maximum atomic E-state index is 13.3. The van der Waals surface area contributed by atoms with Gasteiger partial charge in [-0.05, 0) is 36.8 Å². The Hall–Kier alpha value is -2.23. The van der Waals surface area contributed by atoms with Crippen LogP contribution in [0.5, 0.6) is 0 Å². The van der Waals surface area contributed by atoms with Crippen molar-refractivity contribution in [1.29, 1.82) is 0 Å². The number of hydrogen-bond donors (Lipinski definition) is 1. The van der Waals surface area contributed by atoms with E-state index in [0.29, 0.717) is 36.6 Å². The van der Waals surface area contributed by atoms with Crippen molar-refractivity contribution in [3.05, 3.63) is 46.6 Å². The predicted molar refractivity (Wildman–Crippen MR) is 119 cm³/mol. The first-order chi connectivity index (χ1) is 14.4. The minimum Gasteiger partial charge on any atom is -0.354 e. The number of amides is 1. The number of benzene rings is 1. The van der Waals surface area contributed by atoms with E-state index < -0.39 is 10.0 Å². The van der Waals surface area contributed by atoms with Gasteiger partial charge in [0.1, 0.15) is 4.90 Å². The van der Waals surface area contributed by atoms with Gasteiger partial charge in [0.05, 0.1) is 10.6 Å². The van der Waals surface area contributed by atoms with E-state index in [0.717, 1.165) is 22.1 Å². The zero-order valence-electron chi connectivity index (χ0n) is 17.4. The second kappa shape index (κ2) is 8.13. The van der Waals surface area contributed by atoms with E-state index in [9.17, 15) is 13.2 Å². The minimum absolute atomic E-state index is 0.0192. The average molecular weight is 447 g/mol. The molecule has 1 saturated heterocycles. The number of carbonyl (C=O) groups is 1. The first-order valence-electron chi connectivity index (χ1n) is 10.1. The van der Waals surface area contributed by atoms with Gasteiger partial charge >= 0.3 is 0 Å². The second-order valence-electron chi connectivity index (χ2n) is 7.61. The van der Waals surface area contributed by atoms with Crippen molar-refractivity contribution < 1.29 is 13.2 Å². The lowest BCUT2D eigenvalue weighted by molar-refractivity contribution is 0.0966. The number of sulfonamides is 1. The van der Waals surface area contributed by atoms with E-state index in [-0.39, 0.29) is 16.7 Å². The Kier molecular flexibility index (Phi) is 5.69. The van der Waals surface area contributed by atoms with Gasteiger partial charge in [0, 0.05) is 43.5 Å². The molecule has 3 aromatic rings. The van der Waals surface area contributed by atoms with Crippen molar-refractivity contribution in [2.75, 3.05) is 20.1 Å². The Morgan fingerprint density at radius 2 is 2.10 bits per heavy atom. The van der Waals surface area contributed by atoms with Crippen molar-refractivity contribution in [1.82, 2.24) is 19.4 Å². The third-order valence-corrected chi connectivity index (χ3v) is 8.75. The standard InChI is InChI=1S/C21H26N4O3S2/c1-4-10-24-13-18(14(2)23-24)30(27,28)25-11-9-15(12-25)19-16-7-5-6-8-17(16)29-20(19)21(26)22-3/h5-8,13,15H,4,9-12H2,1-3H3,(H,22,26). The molecule has 1 unspecified atom stereocenters. The summed E-state index contributed by atoms with van der Waals surface area (Å²) >= 11 is 1.47. The number of nitrogens with one attached hydrogen (secondary N) is 1. The Balaban J connectivity index is 1.68. The van der Waals surface area contributed by atoms with Crippen molar-refractivity contribution in [3.8, 4) is 0 Å². The van der Waals surface area contributed by atoms with Crippen molar-refractivity contribution >= 4 is 37.4 Å². The summed E-state index contributed by atoms with van der Waals surface area (Å²) in [6.07, 6.45) is 3.21. The highest BCUT2D eigenvalue weighted by Crippen LogP contribution is 2.41. The average Bonchev–Trinajstić information content (AvgIpc) is 3.44. The van der Waals surface area contributed by atoms with E-state index in [4.69, 9.17) is 0 Å². The maximum Gasteiger partial charge on any atom is 0.261 e. The zero-order valence-corrected chi connectivity index (χ0v) is 19.0. The van der Waals surface area contributed by atoms with Gasteiger partial charge in [-0.1, -0.05) is 25.1 Å². The number of rotatable bonds is 6. The first-order valence-corrected chi connectivity index (χ1v) is 12.4. The molecule has 0 radical (unpaired) electrons. The molecule has 7 nitrogen and oxygen atoms in total. The smallest absolute Gasteiger partial charge is 0.261 e. The normalized spacial score (nSPS) is 17.6. The monoisotopic (exact) mass is 446 g/mol. The fourth-order valence-corrected chi connectivity index (χ4v) is 7.08. The molecule has 0 aliphatic carbocycles. The highest BCUT2D eigenvalue weighted by Gasteiger charge is 2.37. The van der Waals surface area contributed by atoms with E-state index >= 15 is 0 Å². The third-order valence-electron chi connectivity index (χ3n) is 5.60. The number of nitrogens with zero attached hydrogens (tertiary/aromatic N) is 3. The molecule has 4 rings (SSSR count). The lowest BCUT2D eigenvalue weighted by Crippen LogP contribution is -2.29. The minimum atomic E-state index is -3.63. The van der Waals surface area contributed by atoms with Crippen LogP contribution >= 0.6 is 11.3 Å². The number of hydrogen-bond acceptors (Lipinski definition) is 5. The molecular formula is C21H26N4O3S2. The van der Waals surface area contributed by atoms with E-state index in [1.807, 2.05) is 31.2 Å². The number of carbonyl (C=O) groups excluding carboxylic acids is 1. The highest BCUT2D eigenvalue weighted by molar-refractivity contribution is 7.89. The molecule has 160 valence electrons. The molecule has 0 saturated carbocycles. The molecule has 30 heavy (non-hydrogen) atoms. The maximum absolute atomic E-state index is 13.3. The molecule has 1 aliphatic heterocycles. The summed E-state index contributed by atoms with van der Waals surface area (Å²) in [6, 6.07) is 7.94. The number of thiophene rings is 1. The van der Waals surface area contributed by atoms with Crippen LogP contribution in [0, 0.1) is 6.92 Å². The SMILES string of the molecule is CCCn1cc(S(=O)(=O)N2CCC(c3c(C(=O)NC)sc4ccccc34)C2)c(C)n1. The van der Waals surface area contributed by atoms with E-state index in [1.54, 1.807) is 24.9 Å². The molecule has 2 aromatic heterocycles. The van der Waals surface area contributed by atoms with Gasteiger partial charge in [-0.15, -0.1) is 11.3 Å². The van der Waals surface area contributed by atoms with Crippen LogP contribution in [0.1, 0.15) is 46.6 Å². The number of aryl methyl sites for hydroxylation is 2. The van der Waals surface area contributed by atoms with Gasteiger partial charge < -0.3 is 5.32 Å². The number of fused-ring (bicyclic) bond motifs is 1. The quantitative estimate of drug-likeness (QED) is 0.629. The van der Waals surface area contributed by atoms with Crippen LogP contribution in [0.15, 0.2) is 35.4 Å². The van der Waals surface area contributed by atoms with Gasteiger partial charge in [-0.25, -0.2) is 8.42 Å².